The minimum atomic E-state index is -1.53. The van der Waals surface area contributed by atoms with Crippen molar-refractivity contribution in [2.45, 2.75) is 25.7 Å². The van der Waals surface area contributed by atoms with E-state index < -0.39 is 6.29 Å². The summed E-state index contributed by atoms with van der Waals surface area (Å²) in [7, 11) is 0. The van der Waals surface area contributed by atoms with Gasteiger partial charge in [-0.25, -0.2) is 0 Å². The molecule has 6 nitrogen and oxygen atoms in total. The zero-order valence-electron chi connectivity index (χ0n) is 16.3. The first-order chi connectivity index (χ1) is 14.1. The smallest absolute Gasteiger partial charge is 0.180 e. The van der Waals surface area contributed by atoms with E-state index in [1.165, 1.54) is 16.7 Å². The number of ether oxygens (including phenoxy) is 1. The zero-order chi connectivity index (χ0) is 20.2. The molecule has 0 aliphatic carbocycles. The van der Waals surface area contributed by atoms with E-state index >= 15 is 0 Å². The molecular formula is C23H25N3O3. The Morgan fingerprint density at radius 1 is 1.14 bits per heavy atom. The summed E-state index contributed by atoms with van der Waals surface area (Å²) in [5.74, 6) is 1.66. The highest BCUT2D eigenvalue weighted by Gasteiger charge is 2.21. The fraction of sp³-hybridized carbons (Fsp3) is 0.261. The number of nitrogens with one attached hydrogen (secondary N) is 2. The minimum absolute atomic E-state index is 0.107. The third kappa shape index (κ3) is 4.56. The SMILES string of the molecule is Cc1ccc(Oc2ccc3c(c2)CCN[C@H]3CNc2cnccc2C(O)O)cc1. The lowest BCUT2D eigenvalue weighted by molar-refractivity contribution is -0.0419. The van der Waals surface area contributed by atoms with Gasteiger partial charge in [-0.15, -0.1) is 0 Å². The molecule has 4 N–H and O–H groups in total. The maximum atomic E-state index is 9.52. The first-order valence-electron chi connectivity index (χ1n) is 9.75. The van der Waals surface area contributed by atoms with E-state index in [9.17, 15) is 10.2 Å². The first-order valence-corrected chi connectivity index (χ1v) is 9.75. The normalized spacial score (nSPS) is 15.8. The lowest BCUT2D eigenvalue weighted by atomic mass is 9.94. The number of benzene rings is 2. The minimum Gasteiger partial charge on any atom is -0.457 e. The highest BCUT2D eigenvalue weighted by Crippen LogP contribution is 2.30. The number of aromatic nitrogens is 1. The fourth-order valence-electron chi connectivity index (χ4n) is 3.61. The number of aliphatic hydroxyl groups is 2. The fourth-order valence-corrected chi connectivity index (χ4v) is 3.61. The van der Waals surface area contributed by atoms with E-state index in [1.54, 1.807) is 18.5 Å². The molecule has 1 aliphatic rings. The van der Waals surface area contributed by atoms with Crippen LogP contribution in [0, 0.1) is 6.92 Å². The molecule has 0 fully saturated rings. The van der Waals surface area contributed by atoms with Crippen LogP contribution in [0.4, 0.5) is 5.69 Å². The van der Waals surface area contributed by atoms with Crippen molar-refractivity contribution in [2.75, 3.05) is 18.4 Å². The summed E-state index contributed by atoms with van der Waals surface area (Å²) >= 11 is 0. The summed E-state index contributed by atoms with van der Waals surface area (Å²) < 4.78 is 6.01. The van der Waals surface area contributed by atoms with Gasteiger partial charge in [0.1, 0.15) is 11.5 Å². The van der Waals surface area contributed by atoms with Gasteiger partial charge >= 0.3 is 0 Å². The predicted molar refractivity (Wildman–Crippen MR) is 112 cm³/mol. The number of pyridine rings is 1. The maximum Gasteiger partial charge on any atom is 0.180 e. The number of rotatable bonds is 6. The molecule has 0 spiro atoms. The molecule has 2 aromatic carbocycles. The Morgan fingerprint density at radius 3 is 2.72 bits per heavy atom. The van der Waals surface area contributed by atoms with Crippen molar-refractivity contribution in [1.29, 1.82) is 0 Å². The van der Waals surface area contributed by atoms with Crippen LogP contribution in [-0.2, 0) is 6.42 Å². The number of fused-ring (bicyclic) bond motifs is 1. The van der Waals surface area contributed by atoms with Crippen LogP contribution in [0.25, 0.3) is 0 Å². The number of aryl methyl sites for hydroxylation is 1. The maximum absolute atomic E-state index is 9.52. The van der Waals surface area contributed by atoms with Gasteiger partial charge in [0.05, 0.1) is 11.9 Å². The molecular weight excluding hydrogens is 366 g/mol. The summed E-state index contributed by atoms with van der Waals surface area (Å²) in [4.78, 5) is 4.07. The lowest BCUT2D eigenvalue weighted by Crippen LogP contribution is -2.34. The molecule has 1 aliphatic heterocycles. The molecule has 150 valence electrons. The summed E-state index contributed by atoms with van der Waals surface area (Å²) in [6.45, 7) is 3.53. The molecule has 0 unspecified atom stereocenters. The highest BCUT2D eigenvalue weighted by atomic mass is 16.5. The van der Waals surface area contributed by atoms with Gasteiger partial charge in [-0.1, -0.05) is 23.8 Å². The molecule has 29 heavy (non-hydrogen) atoms. The quantitative estimate of drug-likeness (QED) is 0.482. The van der Waals surface area contributed by atoms with Gasteiger partial charge in [0.2, 0.25) is 0 Å². The number of nitrogens with zero attached hydrogens (tertiary/aromatic N) is 1. The molecule has 0 saturated carbocycles. The second-order valence-electron chi connectivity index (χ2n) is 7.25. The third-order valence-electron chi connectivity index (χ3n) is 5.16. The first kappa shape index (κ1) is 19.4. The predicted octanol–water partition coefficient (Wildman–Crippen LogP) is 3.46. The molecule has 0 amide bonds. The Labute approximate surface area is 170 Å². The van der Waals surface area contributed by atoms with Crippen LogP contribution >= 0.6 is 0 Å². The molecule has 1 atom stereocenters. The molecule has 6 heteroatoms. The van der Waals surface area contributed by atoms with Crippen LogP contribution in [-0.4, -0.2) is 28.3 Å². The van der Waals surface area contributed by atoms with E-state index in [0.29, 0.717) is 17.8 Å². The van der Waals surface area contributed by atoms with Gasteiger partial charge in [0, 0.05) is 24.3 Å². The molecule has 0 bridgehead atoms. The van der Waals surface area contributed by atoms with E-state index in [4.69, 9.17) is 4.74 Å². The average Bonchev–Trinajstić information content (AvgIpc) is 2.74. The van der Waals surface area contributed by atoms with Crippen LogP contribution in [0.3, 0.4) is 0 Å². The van der Waals surface area contributed by atoms with Gasteiger partial charge in [0.15, 0.2) is 6.29 Å². The van der Waals surface area contributed by atoms with Gasteiger partial charge in [-0.05, 0) is 61.3 Å². The molecule has 3 aromatic rings. The Morgan fingerprint density at radius 2 is 1.93 bits per heavy atom. The molecule has 2 heterocycles. The largest absolute Gasteiger partial charge is 0.457 e. The van der Waals surface area contributed by atoms with Crippen LogP contribution in [0.5, 0.6) is 11.5 Å². The molecule has 0 saturated heterocycles. The van der Waals surface area contributed by atoms with E-state index in [1.807, 2.05) is 30.3 Å². The topological polar surface area (TPSA) is 86.6 Å². The summed E-state index contributed by atoms with van der Waals surface area (Å²) in [5, 5.41) is 25.9. The van der Waals surface area contributed by atoms with Crippen LogP contribution in [0.15, 0.2) is 60.9 Å². The number of aliphatic hydroxyl groups excluding tert-OH is 1. The van der Waals surface area contributed by atoms with Gasteiger partial charge in [-0.3, -0.25) is 4.98 Å². The van der Waals surface area contributed by atoms with E-state index in [-0.39, 0.29) is 6.04 Å². The number of hydrogen-bond donors (Lipinski definition) is 4. The lowest BCUT2D eigenvalue weighted by Gasteiger charge is -2.28. The standard InChI is InChI=1S/C23H25N3O3/c1-15-2-4-17(5-3-15)29-18-6-7-19-16(12-18)8-11-25-22(19)14-26-21-13-24-10-9-20(21)23(27)28/h2-7,9-10,12-13,22-23,25-28H,8,11,14H2,1H3/t22-/m0/s1. The number of hydrogen-bond acceptors (Lipinski definition) is 6. The van der Waals surface area contributed by atoms with Gasteiger partial charge in [0.25, 0.3) is 0 Å². The van der Waals surface area contributed by atoms with Crippen LogP contribution in [0.1, 0.15) is 34.6 Å². The Balaban J connectivity index is 1.48. The van der Waals surface area contributed by atoms with Gasteiger partial charge < -0.3 is 25.6 Å². The van der Waals surface area contributed by atoms with Crippen molar-refractivity contribution in [3.05, 3.63) is 83.2 Å². The molecule has 0 radical (unpaired) electrons. The van der Waals surface area contributed by atoms with E-state index in [2.05, 4.69) is 34.7 Å². The Bertz CT molecular complexity index is 973. The second kappa shape index (κ2) is 8.61. The van der Waals surface area contributed by atoms with Crippen molar-refractivity contribution >= 4 is 5.69 Å². The molecule has 4 rings (SSSR count). The third-order valence-corrected chi connectivity index (χ3v) is 5.16. The second-order valence-corrected chi connectivity index (χ2v) is 7.25. The van der Waals surface area contributed by atoms with Crippen molar-refractivity contribution in [3.8, 4) is 11.5 Å². The summed E-state index contributed by atoms with van der Waals surface area (Å²) in [6.07, 6.45) is 2.55. The van der Waals surface area contributed by atoms with E-state index in [0.717, 1.165) is 24.5 Å². The van der Waals surface area contributed by atoms with Crippen molar-refractivity contribution in [2.24, 2.45) is 0 Å². The Hall–Kier alpha value is -2.93. The molecule has 1 aromatic heterocycles. The van der Waals surface area contributed by atoms with Crippen LogP contribution < -0.4 is 15.4 Å². The zero-order valence-corrected chi connectivity index (χ0v) is 16.3. The Kier molecular flexibility index (Phi) is 5.76. The van der Waals surface area contributed by atoms with Crippen molar-refractivity contribution in [1.82, 2.24) is 10.3 Å². The summed E-state index contributed by atoms with van der Waals surface area (Å²) in [5.41, 5.74) is 4.71. The van der Waals surface area contributed by atoms with Gasteiger partial charge in [-0.2, -0.15) is 0 Å². The van der Waals surface area contributed by atoms with Crippen molar-refractivity contribution in [3.63, 3.8) is 0 Å². The van der Waals surface area contributed by atoms with Crippen molar-refractivity contribution < 1.29 is 14.9 Å². The summed E-state index contributed by atoms with van der Waals surface area (Å²) in [6, 6.07) is 15.9. The highest BCUT2D eigenvalue weighted by molar-refractivity contribution is 5.50. The monoisotopic (exact) mass is 391 g/mol. The number of anilines is 1. The average molecular weight is 391 g/mol. The van der Waals surface area contributed by atoms with Crippen LogP contribution in [0.2, 0.25) is 0 Å².